The molecule has 8 heteroatoms. The third kappa shape index (κ3) is 6.13. The van der Waals surface area contributed by atoms with E-state index >= 15 is 0 Å². The molecule has 174 valence electrons. The molecule has 0 aliphatic carbocycles. The minimum absolute atomic E-state index is 0.161. The Morgan fingerprint density at radius 2 is 1.68 bits per heavy atom. The average Bonchev–Trinajstić information content (AvgIpc) is 3.27. The molecule has 0 aliphatic heterocycles. The molecule has 0 aliphatic rings. The van der Waals surface area contributed by atoms with E-state index in [4.69, 9.17) is 13.9 Å². The highest BCUT2D eigenvalue weighted by Gasteiger charge is 2.35. The van der Waals surface area contributed by atoms with E-state index in [1.807, 2.05) is 0 Å². The molecule has 3 aromatic rings. The second-order valence-electron chi connectivity index (χ2n) is 7.11. The molecule has 0 spiro atoms. The predicted octanol–water partition coefficient (Wildman–Crippen LogP) is 6.71. The summed E-state index contributed by atoms with van der Waals surface area (Å²) in [6, 6.07) is 13.1. The number of furan rings is 1. The monoisotopic (exact) mass is 468 g/mol. The van der Waals surface area contributed by atoms with Gasteiger partial charge in [-0.1, -0.05) is 31.4 Å². The molecule has 0 atom stereocenters. The molecule has 1 heterocycles. The zero-order valence-electron chi connectivity index (χ0n) is 18.0. The number of halogens is 3. The summed E-state index contributed by atoms with van der Waals surface area (Å²) in [5.41, 5.74) is 0.114. The summed E-state index contributed by atoms with van der Waals surface area (Å²) >= 11 is 0. The molecule has 0 radical (unpaired) electrons. The first-order valence-electron chi connectivity index (χ1n) is 9.88. The predicted molar refractivity (Wildman–Crippen MR) is 121 cm³/mol. The molecule has 3 rings (SSSR count). The summed E-state index contributed by atoms with van der Waals surface area (Å²) < 4.78 is 55.8. The van der Waals surface area contributed by atoms with Gasteiger partial charge in [-0.25, -0.2) is 9.59 Å². The highest BCUT2D eigenvalue weighted by molar-refractivity contribution is 5.88. The van der Waals surface area contributed by atoms with Gasteiger partial charge in [0.2, 0.25) is 0 Å². The van der Waals surface area contributed by atoms with E-state index in [2.05, 4.69) is 13.2 Å². The summed E-state index contributed by atoms with van der Waals surface area (Å²) in [5, 5.41) is 0. The number of esters is 2. The van der Waals surface area contributed by atoms with Crippen molar-refractivity contribution in [1.82, 2.24) is 0 Å². The van der Waals surface area contributed by atoms with Crippen molar-refractivity contribution in [2.45, 2.75) is 13.1 Å². The lowest BCUT2D eigenvalue weighted by molar-refractivity contribution is -0.141. The van der Waals surface area contributed by atoms with Crippen LogP contribution < -0.4 is 9.47 Å². The second kappa shape index (κ2) is 10.1. The summed E-state index contributed by atoms with van der Waals surface area (Å²) in [5.74, 6) is -1.16. The zero-order chi connectivity index (χ0) is 24.9. The number of alkyl halides is 3. The van der Waals surface area contributed by atoms with Crippen molar-refractivity contribution in [1.29, 1.82) is 0 Å². The van der Waals surface area contributed by atoms with Crippen LogP contribution in [-0.2, 0) is 15.8 Å². The number of ether oxygens (including phenoxy) is 2. The van der Waals surface area contributed by atoms with Crippen LogP contribution in [0.4, 0.5) is 13.2 Å². The fourth-order valence-corrected chi connectivity index (χ4v) is 2.76. The Kier molecular flexibility index (Phi) is 7.21. The Morgan fingerprint density at radius 1 is 0.971 bits per heavy atom. The number of hydrogen-bond acceptors (Lipinski definition) is 5. The number of benzene rings is 2. The smallest absolute Gasteiger partial charge is 0.420 e. The van der Waals surface area contributed by atoms with Crippen molar-refractivity contribution in [3.63, 3.8) is 0 Å². The van der Waals surface area contributed by atoms with Gasteiger partial charge in [-0.15, -0.1) is 0 Å². The molecule has 5 nitrogen and oxygen atoms in total. The maximum atomic E-state index is 13.5. The van der Waals surface area contributed by atoms with Crippen molar-refractivity contribution < 1.29 is 36.7 Å². The normalized spacial score (nSPS) is 11.3. The van der Waals surface area contributed by atoms with Gasteiger partial charge >= 0.3 is 18.1 Å². The molecule has 0 saturated carbocycles. The van der Waals surface area contributed by atoms with Crippen LogP contribution >= 0.6 is 0 Å². The number of rotatable bonds is 7. The first-order chi connectivity index (χ1) is 16.1. The van der Waals surface area contributed by atoms with Gasteiger partial charge in [0.15, 0.2) is 0 Å². The van der Waals surface area contributed by atoms with Gasteiger partial charge in [0.1, 0.15) is 23.0 Å². The van der Waals surface area contributed by atoms with Gasteiger partial charge in [-0.3, -0.25) is 0 Å². The van der Waals surface area contributed by atoms with Crippen LogP contribution in [0.5, 0.6) is 11.5 Å². The minimum Gasteiger partial charge on any atom is -0.457 e. The van der Waals surface area contributed by atoms with E-state index in [9.17, 15) is 22.8 Å². The first-order valence-corrected chi connectivity index (χ1v) is 9.88. The van der Waals surface area contributed by atoms with Crippen molar-refractivity contribution in [2.24, 2.45) is 0 Å². The SMILES string of the molecule is C=CC(=O)Oc1ccc(-c2ccc(C=Cc3ccc(OC(=O)C(=C)C)cc3)o2)cc1C(F)(F)F. The highest BCUT2D eigenvalue weighted by Crippen LogP contribution is 2.39. The van der Waals surface area contributed by atoms with Crippen LogP contribution in [0.3, 0.4) is 0 Å². The number of carbonyl (C=O) groups excluding carboxylic acids is 2. The van der Waals surface area contributed by atoms with E-state index in [-0.39, 0.29) is 16.9 Å². The minimum atomic E-state index is -4.74. The molecule has 0 bridgehead atoms. The van der Waals surface area contributed by atoms with Gasteiger partial charge in [0.25, 0.3) is 0 Å². The molecule has 0 unspecified atom stereocenters. The number of hydrogen-bond donors (Lipinski definition) is 0. The third-order valence-corrected chi connectivity index (χ3v) is 4.45. The Morgan fingerprint density at radius 3 is 2.29 bits per heavy atom. The van der Waals surface area contributed by atoms with E-state index in [1.165, 1.54) is 12.1 Å². The number of carbonyl (C=O) groups is 2. The quantitative estimate of drug-likeness (QED) is 0.219. The van der Waals surface area contributed by atoms with Gasteiger partial charge in [-0.05, 0) is 61.0 Å². The first kappa shape index (κ1) is 24.3. The van der Waals surface area contributed by atoms with E-state index in [0.717, 1.165) is 23.8 Å². The largest absolute Gasteiger partial charge is 0.457 e. The lowest BCUT2D eigenvalue weighted by atomic mass is 10.1. The lowest BCUT2D eigenvalue weighted by Crippen LogP contribution is -2.11. The molecule has 0 saturated heterocycles. The van der Waals surface area contributed by atoms with E-state index in [1.54, 1.807) is 49.4 Å². The van der Waals surface area contributed by atoms with Crippen LogP contribution in [0.15, 0.2) is 83.8 Å². The Balaban J connectivity index is 1.78. The molecular weight excluding hydrogens is 449 g/mol. The maximum absolute atomic E-state index is 13.5. The van der Waals surface area contributed by atoms with Crippen LogP contribution in [0.2, 0.25) is 0 Å². The van der Waals surface area contributed by atoms with Crippen LogP contribution in [0, 0.1) is 0 Å². The van der Waals surface area contributed by atoms with E-state index in [0.29, 0.717) is 11.5 Å². The molecule has 0 amide bonds. The maximum Gasteiger partial charge on any atom is 0.420 e. The van der Waals surface area contributed by atoms with Crippen LogP contribution in [0.25, 0.3) is 23.5 Å². The Labute approximate surface area is 193 Å². The van der Waals surface area contributed by atoms with Crippen molar-refractivity contribution >= 4 is 24.1 Å². The van der Waals surface area contributed by atoms with Crippen molar-refractivity contribution in [3.05, 3.63) is 96.3 Å². The molecule has 0 N–H and O–H groups in total. The Hall–Kier alpha value is -4.33. The summed E-state index contributed by atoms with van der Waals surface area (Å²) in [4.78, 5) is 22.9. The molecule has 0 fully saturated rings. The van der Waals surface area contributed by atoms with Gasteiger partial charge in [0.05, 0.1) is 5.56 Å². The van der Waals surface area contributed by atoms with Gasteiger partial charge in [-0.2, -0.15) is 13.2 Å². The molecule has 2 aromatic carbocycles. The summed E-state index contributed by atoms with van der Waals surface area (Å²) in [7, 11) is 0. The summed E-state index contributed by atoms with van der Waals surface area (Å²) in [6.45, 7) is 8.24. The van der Waals surface area contributed by atoms with Crippen LogP contribution in [-0.4, -0.2) is 11.9 Å². The van der Waals surface area contributed by atoms with Crippen LogP contribution in [0.1, 0.15) is 23.8 Å². The molecule has 34 heavy (non-hydrogen) atoms. The topological polar surface area (TPSA) is 65.7 Å². The lowest BCUT2D eigenvalue weighted by Gasteiger charge is -2.13. The standard InChI is InChI=1S/C26H19F3O5/c1-4-24(30)34-23-13-8-18(15-21(23)26(27,28)29)22-14-12-19(32-22)9-5-17-6-10-20(11-7-17)33-25(31)16(2)3/h4-15H,1-2H2,3H3. The van der Waals surface area contributed by atoms with E-state index < -0.39 is 29.4 Å². The highest BCUT2D eigenvalue weighted by atomic mass is 19.4. The fraction of sp³-hybridized carbons (Fsp3) is 0.0769. The van der Waals surface area contributed by atoms with Gasteiger partial charge < -0.3 is 13.9 Å². The van der Waals surface area contributed by atoms with Gasteiger partial charge in [0, 0.05) is 17.2 Å². The Bertz CT molecular complexity index is 1260. The second-order valence-corrected chi connectivity index (χ2v) is 7.11. The third-order valence-electron chi connectivity index (χ3n) is 4.45. The summed E-state index contributed by atoms with van der Waals surface area (Å²) in [6.07, 6.45) is -0.594. The zero-order valence-corrected chi connectivity index (χ0v) is 18.0. The average molecular weight is 468 g/mol. The fourth-order valence-electron chi connectivity index (χ4n) is 2.76. The van der Waals surface area contributed by atoms with Crippen molar-refractivity contribution in [3.8, 4) is 22.8 Å². The molecular formula is C26H19F3O5. The van der Waals surface area contributed by atoms with Crippen molar-refractivity contribution in [2.75, 3.05) is 0 Å². The molecule has 1 aromatic heterocycles.